The summed E-state index contributed by atoms with van der Waals surface area (Å²) < 4.78 is 0. The van der Waals surface area contributed by atoms with E-state index in [0.717, 1.165) is 15.6 Å². The highest BCUT2D eigenvalue weighted by Gasteiger charge is 2.28. The summed E-state index contributed by atoms with van der Waals surface area (Å²) in [5.41, 5.74) is 0.452. The molecular formula is C12H19ClN2OS. The lowest BCUT2D eigenvalue weighted by atomic mass is 9.95. The molecule has 0 saturated carbocycles. The first-order chi connectivity index (χ1) is 7.77. The van der Waals surface area contributed by atoms with Gasteiger partial charge in [0, 0.05) is 10.8 Å². The van der Waals surface area contributed by atoms with E-state index < -0.39 is 5.41 Å². The van der Waals surface area contributed by atoms with Crippen LogP contribution in [0.25, 0.3) is 0 Å². The van der Waals surface area contributed by atoms with E-state index in [1.165, 1.54) is 0 Å². The summed E-state index contributed by atoms with van der Waals surface area (Å²) >= 11 is 7.41. The first-order valence-electron chi connectivity index (χ1n) is 5.59. The molecule has 96 valence electrons. The molecule has 0 aromatic carbocycles. The third-order valence-electron chi connectivity index (χ3n) is 2.63. The van der Waals surface area contributed by atoms with Gasteiger partial charge in [-0.1, -0.05) is 0 Å². The van der Waals surface area contributed by atoms with E-state index in [1.54, 1.807) is 11.3 Å². The maximum atomic E-state index is 12.0. The highest BCUT2D eigenvalue weighted by atomic mass is 35.5. The summed E-state index contributed by atoms with van der Waals surface area (Å²) in [5, 5.41) is 4.01. The van der Waals surface area contributed by atoms with Crippen LogP contribution in [0.1, 0.15) is 42.4 Å². The van der Waals surface area contributed by atoms with E-state index in [-0.39, 0.29) is 11.9 Å². The molecule has 17 heavy (non-hydrogen) atoms. The van der Waals surface area contributed by atoms with Crippen LogP contribution in [0.2, 0.25) is 0 Å². The van der Waals surface area contributed by atoms with E-state index in [1.807, 2.05) is 34.6 Å². The maximum Gasteiger partial charge on any atom is 0.227 e. The second kappa shape index (κ2) is 5.36. The number of halogens is 1. The fourth-order valence-electron chi connectivity index (χ4n) is 1.47. The lowest BCUT2D eigenvalue weighted by Crippen LogP contribution is -2.39. The molecule has 1 atom stereocenters. The molecule has 1 rings (SSSR count). The second-order valence-corrected chi connectivity index (χ2v) is 6.40. The van der Waals surface area contributed by atoms with Gasteiger partial charge in [0.15, 0.2) is 0 Å². The van der Waals surface area contributed by atoms with E-state index >= 15 is 0 Å². The van der Waals surface area contributed by atoms with Gasteiger partial charge in [0.25, 0.3) is 0 Å². The topological polar surface area (TPSA) is 42.0 Å². The summed E-state index contributed by atoms with van der Waals surface area (Å²) in [6, 6.07) is -0.0174. The SMILES string of the molecule is Cc1nc(C)c(C(C)NC(=O)C(C)(C)CCl)s1. The van der Waals surface area contributed by atoms with Crippen molar-refractivity contribution in [2.45, 2.75) is 40.7 Å². The molecule has 0 saturated heterocycles. The van der Waals surface area contributed by atoms with Crippen molar-refractivity contribution in [1.82, 2.24) is 10.3 Å². The van der Waals surface area contributed by atoms with Gasteiger partial charge in [0.05, 0.1) is 22.2 Å². The van der Waals surface area contributed by atoms with Gasteiger partial charge in [-0.05, 0) is 34.6 Å². The van der Waals surface area contributed by atoms with Crippen molar-refractivity contribution < 1.29 is 4.79 Å². The first kappa shape index (κ1) is 14.5. The van der Waals surface area contributed by atoms with Gasteiger partial charge in [-0.3, -0.25) is 4.79 Å². The Labute approximate surface area is 112 Å². The van der Waals surface area contributed by atoms with Crippen LogP contribution in [-0.2, 0) is 4.79 Å². The Morgan fingerprint density at radius 2 is 2.12 bits per heavy atom. The Hall–Kier alpha value is -0.610. The van der Waals surface area contributed by atoms with Crippen LogP contribution in [0.15, 0.2) is 0 Å². The van der Waals surface area contributed by atoms with E-state index in [4.69, 9.17) is 11.6 Å². The van der Waals surface area contributed by atoms with Gasteiger partial charge in [0.1, 0.15) is 0 Å². The van der Waals surface area contributed by atoms with Crippen molar-refractivity contribution in [2.75, 3.05) is 5.88 Å². The van der Waals surface area contributed by atoms with Crippen LogP contribution < -0.4 is 5.32 Å². The minimum Gasteiger partial charge on any atom is -0.348 e. The zero-order valence-electron chi connectivity index (χ0n) is 10.9. The van der Waals surface area contributed by atoms with Gasteiger partial charge in [-0.2, -0.15) is 0 Å². The Morgan fingerprint density at radius 3 is 2.53 bits per heavy atom. The van der Waals surface area contributed by atoms with Gasteiger partial charge in [-0.25, -0.2) is 4.98 Å². The first-order valence-corrected chi connectivity index (χ1v) is 6.94. The molecule has 0 radical (unpaired) electrons. The minimum absolute atomic E-state index is 0.0174. The number of nitrogens with one attached hydrogen (secondary N) is 1. The minimum atomic E-state index is -0.538. The van der Waals surface area contributed by atoms with E-state index in [0.29, 0.717) is 5.88 Å². The van der Waals surface area contributed by atoms with E-state index in [9.17, 15) is 4.79 Å². The Morgan fingerprint density at radius 1 is 1.53 bits per heavy atom. The van der Waals surface area contributed by atoms with Crippen molar-refractivity contribution in [3.63, 3.8) is 0 Å². The molecule has 0 aliphatic heterocycles. The third kappa shape index (κ3) is 3.42. The number of thiazole rings is 1. The average Bonchev–Trinajstić information content (AvgIpc) is 2.57. The number of carbonyl (C=O) groups excluding carboxylic acids is 1. The molecule has 0 bridgehead atoms. The Kier molecular flexibility index (Phi) is 4.55. The Bertz CT molecular complexity index is 415. The quantitative estimate of drug-likeness (QED) is 0.857. The van der Waals surface area contributed by atoms with Crippen molar-refractivity contribution >= 4 is 28.8 Å². The fraction of sp³-hybridized carbons (Fsp3) is 0.667. The molecule has 1 heterocycles. The third-order valence-corrected chi connectivity index (χ3v) is 4.55. The van der Waals surface area contributed by atoms with Gasteiger partial charge in [0.2, 0.25) is 5.91 Å². The van der Waals surface area contributed by atoms with Crippen LogP contribution in [0.5, 0.6) is 0 Å². The zero-order valence-corrected chi connectivity index (χ0v) is 12.5. The monoisotopic (exact) mass is 274 g/mol. The standard InChI is InChI=1S/C12H19ClN2OS/c1-7-10(17-9(3)14-7)8(2)15-11(16)12(4,5)6-13/h8H,6H2,1-5H3,(H,15,16). The van der Waals surface area contributed by atoms with Gasteiger partial charge < -0.3 is 5.32 Å². The molecule has 1 unspecified atom stereocenters. The predicted octanol–water partition coefficient (Wildman–Crippen LogP) is 3.20. The fourth-order valence-corrected chi connectivity index (χ4v) is 2.52. The highest BCUT2D eigenvalue weighted by molar-refractivity contribution is 7.11. The molecular weight excluding hydrogens is 256 g/mol. The number of aromatic nitrogens is 1. The summed E-state index contributed by atoms with van der Waals surface area (Å²) in [7, 11) is 0. The molecule has 0 aliphatic rings. The van der Waals surface area contributed by atoms with Crippen LogP contribution in [0, 0.1) is 19.3 Å². The molecule has 1 aromatic heterocycles. The molecule has 1 aromatic rings. The van der Waals surface area contributed by atoms with Gasteiger partial charge in [-0.15, -0.1) is 22.9 Å². The number of hydrogen-bond donors (Lipinski definition) is 1. The van der Waals surface area contributed by atoms with Crippen LogP contribution in [0.3, 0.4) is 0 Å². The molecule has 0 spiro atoms. The summed E-state index contributed by atoms with van der Waals surface area (Å²) in [6.45, 7) is 9.59. The number of nitrogens with zero attached hydrogens (tertiary/aromatic N) is 1. The molecule has 1 N–H and O–H groups in total. The lowest BCUT2D eigenvalue weighted by Gasteiger charge is -2.23. The summed E-state index contributed by atoms with van der Waals surface area (Å²) in [4.78, 5) is 17.5. The second-order valence-electron chi connectivity index (χ2n) is 4.90. The van der Waals surface area contributed by atoms with Crippen LogP contribution in [-0.4, -0.2) is 16.8 Å². The number of amides is 1. The molecule has 5 heteroatoms. The van der Waals surface area contributed by atoms with Crippen LogP contribution in [0.4, 0.5) is 0 Å². The zero-order chi connectivity index (χ0) is 13.2. The number of carbonyl (C=O) groups is 1. The van der Waals surface area contributed by atoms with Crippen molar-refractivity contribution in [3.8, 4) is 0 Å². The number of hydrogen-bond acceptors (Lipinski definition) is 3. The maximum absolute atomic E-state index is 12.0. The van der Waals surface area contributed by atoms with Crippen molar-refractivity contribution in [3.05, 3.63) is 15.6 Å². The number of aryl methyl sites for hydroxylation is 2. The molecule has 3 nitrogen and oxygen atoms in total. The largest absolute Gasteiger partial charge is 0.348 e. The predicted molar refractivity (Wildman–Crippen MR) is 72.6 cm³/mol. The highest BCUT2D eigenvalue weighted by Crippen LogP contribution is 2.26. The van der Waals surface area contributed by atoms with Crippen molar-refractivity contribution in [2.24, 2.45) is 5.41 Å². The van der Waals surface area contributed by atoms with Crippen LogP contribution >= 0.6 is 22.9 Å². The summed E-state index contributed by atoms with van der Waals surface area (Å²) in [5.74, 6) is 0.289. The normalized spacial score (nSPS) is 13.5. The summed E-state index contributed by atoms with van der Waals surface area (Å²) in [6.07, 6.45) is 0. The smallest absolute Gasteiger partial charge is 0.227 e. The molecule has 0 fully saturated rings. The van der Waals surface area contributed by atoms with Crippen molar-refractivity contribution in [1.29, 1.82) is 0 Å². The molecule has 1 amide bonds. The average molecular weight is 275 g/mol. The number of alkyl halides is 1. The van der Waals surface area contributed by atoms with E-state index in [2.05, 4.69) is 10.3 Å². The Balaban J connectivity index is 2.77. The van der Waals surface area contributed by atoms with Gasteiger partial charge >= 0.3 is 0 Å². The molecule has 0 aliphatic carbocycles. The lowest BCUT2D eigenvalue weighted by molar-refractivity contribution is -0.128. The number of rotatable bonds is 4.